The molecule has 0 aliphatic rings. The number of hydrogen-bond donors (Lipinski definition) is 2. The van der Waals surface area contributed by atoms with Gasteiger partial charge in [-0.25, -0.2) is 4.98 Å². The molecule has 1 atom stereocenters. The number of carbonyl (C=O) groups excluding carboxylic acids is 1. The van der Waals surface area contributed by atoms with Crippen LogP contribution in [0.15, 0.2) is 44.8 Å². The molecule has 1 amide bonds. The molecule has 6 nitrogen and oxygen atoms in total. The maximum atomic E-state index is 12.2. The van der Waals surface area contributed by atoms with Crippen molar-refractivity contribution >= 4 is 39.3 Å². The zero-order chi connectivity index (χ0) is 16.8. The van der Waals surface area contributed by atoms with E-state index in [1.165, 1.54) is 24.9 Å². The van der Waals surface area contributed by atoms with Crippen molar-refractivity contribution in [2.24, 2.45) is 0 Å². The quantitative estimate of drug-likeness (QED) is 0.578. The third kappa shape index (κ3) is 5.49. The predicted octanol–water partition coefficient (Wildman–Crippen LogP) is 2.80. The van der Waals surface area contributed by atoms with Gasteiger partial charge in [0.1, 0.15) is 0 Å². The van der Waals surface area contributed by atoms with Crippen molar-refractivity contribution in [2.75, 3.05) is 12.4 Å². The molecule has 8 heteroatoms. The summed E-state index contributed by atoms with van der Waals surface area (Å²) in [6, 6.07) is 8.68. The lowest BCUT2D eigenvalue weighted by molar-refractivity contribution is -0.115. The van der Waals surface area contributed by atoms with E-state index in [9.17, 15) is 9.59 Å². The molecule has 0 radical (unpaired) electrons. The zero-order valence-electron chi connectivity index (χ0n) is 12.6. The van der Waals surface area contributed by atoms with Crippen LogP contribution in [0.25, 0.3) is 0 Å². The number of H-pyrrole nitrogens is 1. The van der Waals surface area contributed by atoms with E-state index in [1.807, 2.05) is 12.1 Å². The Morgan fingerprint density at radius 1 is 1.43 bits per heavy atom. The van der Waals surface area contributed by atoms with Crippen molar-refractivity contribution in [3.05, 3.63) is 50.9 Å². The van der Waals surface area contributed by atoms with Crippen molar-refractivity contribution in [3.63, 3.8) is 0 Å². The number of thioether (sulfide) groups is 1. The summed E-state index contributed by atoms with van der Waals surface area (Å²) in [4.78, 5) is 30.7. The van der Waals surface area contributed by atoms with Crippen LogP contribution in [0.1, 0.15) is 12.6 Å². The summed E-state index contributed by atoms with van der Waals surface area (Å²) in [5, 5.41) is 2.79. The number of anilines is 1. The summed E-state index contributed by atoms with van der Waals surface area (Å²) in [5.74, 6) is -0.169. The highest BCUT2D eigenvalue weighted by Gasteiger charge is 2.16. The first kappa shape index (κ1) is 17.7. The molecule has 2 N–H and O–H groups in total. The van der Waals surface area contributed by atoms with Gasteiger partial charge in [-0.1, -0.05) is 27.7 Å². The van der Waals surface area contributed by atoms with E-state index in [0.717, 1.165) is 4.47 Å². The molecule has 0 spiro atoms. The van der Waals surface area contributed by atoms with Gasteiger partial charge >= 0.3 is 0 Å². The van der Waals surface area contributed by atoms with E-state index < -0.39 is 5.25 Å². The standard InChI is InChI=1S/C15H16BrN3O3S/c1-9(14(21)17-11-5-3-10(16)4-6-11)23-15-18-12(8-22-2)7-13(20)19-15/h3-7,9H,8H2,1-2H3,(H,17,21)(H,18,19,20). The van der Waals surface area contributed by atoms with Gasteiger partial charge in [0.05, 0.1) is 17.6 Å². The van der Waals surface area contributed by atoms with Crippen LogP contribution in [0.4, 0.5) is 5.69 Å². The predicted molar refractivity (Wildman–Crippen MR) is 93.7 cm³/mol. The van der Waals surface area contributed by atoms with Crippen molar-refractivity contribution in [2.45, 2.75) is 23.9 Å². The van der Waals surface area contributed by atoms with Crippen molar-refractivity contribution in [1.29, 1.82) is 0 Å². The molecule has 2 rings (SSSR count). The number of carbonyl (C=O) groups is 1. The lowest BCUT2D eigenvalue weighted by Crippen LogP contribution is -2.23. The second-order valence-electron chi connectivity index (χ2n) is 4.73. The first-order valence-corrected chi connectivity index (χ1v) is 8.47. The number of aromatic nitrogens is 2. The minimum Gasteiger partial charge on any atom is -0.378 e. The molecule has 0 fully saturated rings. The highest BCUT2D eigenvalue weighted by Crippen LogP contribution is 2.21. The Hall–Kier alpha value is -1.64. The van der Waals surface area contributed by atoms with Crippen LogP contribution in [-0.2, 0) is 16.1 Å². The van der Waals surface area contributed by atoms with Crippen molar-refractivity contribution < 1.29 is 9.53 Å². The van der Waals surface area contributed by atoms with Gasteiger partial charge < -0.3 is 15.0 Å². The number of nitrogens with one attached hydrogen (secondary N) is 2. The summed E-state index contributed by atoms with van der Waals surface area (Å²) >= 11 is 4.53. The first-order valence-electron chi connectivity index (χ1n) is 6.80. The van der Waals surface area contributed by atoms with Crippen LogP contribution in [-0.4, -0.2) is 28.2 Å². The van der Waals surface area contributed by atoms with E-state index in [4.69, 9.17) is 4.74 Å². The molecule has 0 bridgehead atoms. The Kier molecular flexibility index (Phi) is 6.37. The Morgan fingerprint density at radius 3 is 2.78 bits per heavy atom. The average Bonchev–Trinajstić information content (AvgIpc) is 2.49. The molecule has 1 aromatic carbocycles. The fourth-order valence-electron chi connectivity index (χ4n) is 1.76. The van der Waals surface area contributed by atoms with Gasteiger partial charge in [0.15, 0.2) is 5.16 Å². The molecular weight excluding hydrogens is 382 g/mol. The van der Waals surface area contributed by atoms with Gasteiger partial charge in [-0.3, -0.25) is 9.59 Å². The van der Waals surface area contributed by atoms with E-state index in [-0.39, 0.29) is 18.1 Å². The summed E-state index contributed by atoms with van der Waals surface area (Å²) in [6.07, 6.45) is 0. The van der Waals surface area contributed by atoms with Crippen molar-refractivity contribution in [1.82, 2.24) is 9.97 Å². The summed E-state index contributed by atoms with van der Waals surface area (Å²) < 4.78 is 5.91. The molecule has 23 heavy (non-hydrogen) atoms. The van der Waals surface area contributed by atoms with E-state index in [1.54, 1.807) is 19.1 Å². The minimum atomic E-state index is -0.417. The monoisotopic (exact) mass is 397 g/mol. The van der Waals surface area contributed by atoms with Crippen LogP contribution < -0.4 is 10.9 Å². The second kappa shape index (κ2) is 8.28. The number of amides is 1. The normalized spacial score (nSPS) is 12.0. The number of nitrogens with zero attached hydrogens (tertiary/aromatic N) is 1. The number of ether oxygens (including phenoxy) is 1. The number of hydrogen-bond acceptors (Lipinski definition) is 5. The molecule has 0 saturated heterocycles. The molecule has 0 aliphatic heterocycles. The smallest absolute Gasteiger partial charge is 0.251 e. The SMILES string of the molecule is COCc1cc(=O)[nH]c(SC(C)C(=O)Nc2ccc(Br)cc2)n1. The van der Waals surface area contributed by atoms with E-state index in [0.29, 0.717) is 16.5 Å². The van der Waals surface area contributed by atoms with Gasteiger partial charge in [-0.05, 0) is 31.2 Å². The number of aromatic amines is 1. The molecule has 1 unspecified atom stereocenters. The van der Waals surface area contributed by atoms with Crippen LogP contribution in [0, 0.1) is 0 Å². The van der Waals surface area contributed by atoms with Gasteiger partial charge in [0.25, 0.3) is 5.56 Å². The summed E-state index contributed by atoms with van der Waals surface area (Å²) in [5.41, 5.74) is 0.967. The van der Waals surface area contributed by atoms with Crippen LogP contribution in [0.2, 0.25) is 0 Å². The lowest BCUT2D eigenvalue weighted by Gasteiger charge is -2.12. The largest absolute Gasteiger partial charge is 0.378 e. The van der Waals surface area contributed by atoms with Crippen molar-refractivity contribution in [3.8, 4) is 0 Å². The van der Waals surface area contributed by atoms with Gasteiger partial charge in [0.2, 0.25) is 5.91 Å². The molecule has 0 saturated carbocycles. The molecule has 122 valence electrons. The molecule has 2 aromatic rings. The Labute approximate surface area is 146 Å². The van der Waals surface area contributed by atoms with Crippen LogP contribution in [0.5, 0.6) is 0 Å². The molecule has 1 aromatic heterocycles. The Balaban J connectivity index is 2.03. The van der Waals surface area contributed by atoms with E-state index >= 15 is 0 Å². The molecule has 1 heterocycles. The van der Waals surface area contributed by atoms with Crippen LogP contribution >= 0.6 is 27.7 Å². The second-order valence-corrected chi connectivity index (χ2v) is 6.98. The van der Waals surface area contributed by atoms with Crippen LogP contribution in [0.3, 0.4) is 0 Å². The highest BCUT2D eigenvalue weighted by atomic mass is 79.9. The number of rotatable bonds is 6. The van der Waals surface area contributed by atoms with Gasteiger partial charge in [-0.2, -0.15) is 0 Å². The Bertz CT molecular complexity index is 733. The Morgan fingerprint density at radius 2 is 2.13 bits per heavy atom. The topological polar surface area (TPSA) is 84.1 Å². The average molecular weight is 398 g/mol. The van der Waals surface area contributed by atoms with Gasteiger partial charge in [-0.15, -0.1) is 0 Å². The summed E-state index contributed by atoms with van der Waals surface area (Å²) in [7, 11) is 1.53. The maximum absolute atomic E-state index is 12.2. The third-order valence-corrected chi connectivity index (χ3v) is 4.35. The molecular formula is C15H16BrN3O3S. The fourth-order valence-corrected chi connectivity index (χ4v) is 2.85. The van der Waals surface area contributed by atoms with E-state index in [2.05, 4.69) is 31.2 Å². The highest BCUT2D eigenvalue weighted by molar-refractivity contribution is 9.10. The van der Waals surface area contributed by atoms with Gasteiger partial charge in [0, 0.05) is 23.3 Å². The zero-order valence-corrected chi connectivity index (χ0v) is 15.0. The third-order valence-electron chi connectivity index (χ3n) is 2.83. The number of halogens is 1. The molecule has 0 aliphatic carbocycles. The fraction of sp³-hybridized carbons (Fsp3) is 0.267. The lowest BCUT2D eigenvalue weighted by atomic mass is 10.3. The summed E-state index contributed by atoms with van der Waals surface area (Å²) in [6.45, 7) is 2.00. The maximum Gasteiger partial charge on any atom is 0.251 e. The minimum absolute atomic E-state index is 0.169. The first-order chi connectivity index (χ1) is 11.0. The number of benzene rings is 1. The number of methoxy groups -OCH3 is 1.